The van der Waals surface area contributed by atoms with Gasteiger partial charge in [-0.2, -0.15) is 0 Å². The van der Waals surface area contributed by atoms with Gasteiger partial charge in [0, 0.05) is 43.3 Å². The SMILES string of the molecule is CN1CCC(N(Cc2ccncc2)C(=O)[C@@H](N)Cc2cnc[nH]2)CC1. The summed E-state index contributed by atoms with van der Waals surface area (Å²) in [5.41, 5.74) is 8.20. The number of pyridine rings is 1. The van der Waals surface area contributed by atoms with Crippen molar-refractivity contribution in [2.75, 3.05) is 20.1 Å². The molecule has 0 aromatic carbocycles. The minimum Gasteiger partial charge on any atom is -0.348 e. The van der Waals surface area contributed by atoms with Gasteiger partial charge in [0.15, 0.2) is 0 Å². The van der Waals surface area contributed by atoms with E-state index in [-0.39, 0.29) is 11.9 Å². The average molecular weight is 342 g/mol. The number of hydrogen-bond acceptors (Lipinski definition) is 5. The molecule has 2 aromatic heterocycles. The molecule has 25 heavy (non-hydrogen) atoms. The van der Waals surface area contributed by atoms with Crippen LogP contribution >= 0.6 is 0 Å². The summed E-state index contributed by atoms with van der Waals surface area (Å²) in [4.78, 5) is 28.4. The quantitative estimate of drug-likeness (QED) is 0.810. The number of H-pyrrole nitrogens is 1. The largest absolute Gasteiger partial charge is 0.348 e. The number of carbonyl (C=O) groups excluding carboxylic acids is 1. The van der Waals surface area contributed by atoms with Crippen molar-refractivity contribution in [1.82, 2.24) is 24.8 Å². The predicted octanol–water partition coefficient (Wildman–Crippen LogP) is 0.798. The van der Waals surface area contributed by atoms with Gasteiger partial charge in [-0.3, -0.25) is 9.78 Å². The van der Waals surface area contributed by atoms with Crippen molar-refractivity contribution < 1.29 is 4.79 Å². The van der Waals surface area contributed by atoms with Crippen molar-refractivity contribution in [2.45, 2.75) is 37.9 Å². The van der Waals surface area contributed by atoms with Crippen LogP contribution in [0.4, 0.5) is 0 Å². The van der Waals surface area contributed by atoms with Gasteiger partial charge >= 0.3 is 0 Å². The number of aromatic nitrogens is 3. The third kappa shape index (κ3) is 4.64. The Morgan fingerprint density at radius 2 is 2.08 bits per heavy atom. The molecule has 0 unspecified atom stereocenters. The molecule has 3 N–H and O–H groups in total. The van der Waals surface area contributed by atoms with E-state index in [1.165, 1.54) is 0 Å². The summed E-state index contributed by atoms with van der Waals surface area (Å²) in [5.74, 6) is 0.000894. The van der Waals surface area contributed by atoms with Crippen molar-refractivity contribution in [3.63, 3.8) is 0 Å². The molecule has 7 nitrogen and oxygen atoms in total. The molecule has 0 saturated carbocycles. The predicted molar refractivity (Wildman–Crippen MR) is 95.6 cm³/mol. The zero-order valence-electron chi connectivity index (χ0n) is 14.6. The second-order valence-corrected chi connectivity index (χ2v) is 6.74. The van der Waals surface area contributed by atoms with Gasteiger partial charge in [0.05, 0.1) is 12.4 Å². The molecular formula is C18H26N6O. The summed E-state index contributed by atoms with van der Waals surface area (Å²) in [7, 11) is 2.12. The molecule has 1 saturated heterocycles. The van der Waals surface area contributed by atoms with Crippen molar-refractivity contribution in [2.24, 2.45) is 5.73 Å². The number of likely N-dealkylation sites (tertiary alicyclic amines) is 1. The maximum Gasteiger partial charge on any atom is 0.240 e. The summed E-state index contributed by atoms with van der Waals surface area (Å²) >= 11 is 0. The Labute approximate surface area is 148 Å². The van der Waals surface area contributed by atoms with Crippen LogP contribution in [0.2, 0.25) is 0 Å². The number of nitrogens with one attached hydrogen (secondary N) is 1. The Balaban J connectivity index is 1.73. The molecule has 134 valence electrons. The van der Waals surface area contributed by atoms with E-state index in [9.17, 15) is 4.79 Å². The number of hydrogen-bond donors (Lipinski definition) is 2. The van der Waals surface area contributed by atoms with Crippen LogP contribution in [0, 0.1) is 0 Å². The monoisotopic (exact) mass is 342 g/mol. The first-order chi connectivity index (χ1) is 12.1. The molecule has 0 spiro atoms. The first kappa shape index (κ1) is 17.6. The molecular weight excluding hydrogens is 316 g/mol. The number of carbonyl (C=O) groups is 1. The fourth-order valence-electron chi connectivity index (χ4n) is 3.31. The first-order valence-electron chi connectivity index (χ1n) is 8.74. The molecule has 2 aromatic rings. The van der Waals surface area contributed by atoms with E-state index in [4.69, 9.17) is 5.73 Å². The highest BCUT2D eigenvalue weighted by molar-refractivity contribution is 5.82. The molecule has 0 bridgehead atoms. The lowest BCUT2D eigenvalue weighted by Gasteiger charge is -2.38. The van der Waals surface area contributed by atoms with Gasteiger partial charge < -0.3 is 20.5 Å². The zero-order valence-corrected chi connectivity index (χ0v) is 14.6. The van der Waals surface area contributed by atoms with Crippen LogP contribution in [0.3, 0.4) is 0 Å². The summed E-state index contributed by atoms with van der Waals surface area (Å²) in [6.45, 7) is 2.58. The minimum absolute atomic E-state index is 0.000894. The number of aromatic amines is 1. The zero-order chi connectivity index (χ0) is 17.6. The van der Waals surface area contributed by atoms with Crippen LogP contribution in [-0.4, -0.2) is 62.9 Å². The summed E-state index contributed by atoms with van der Waals surface area (Å²) in [5, 5.41) is 0. The Bertz CT molecular complexity index is 651. The molecule has 0 aliphatic carbocycles. The number of nitrogens with two attached hydrogens (primary N) is 1. The normalized spacial score (nSPS) is 17.4. The van der Waals surface area contributed by atoms with Crippen LogP contribution in [0.25, 0.3) is 0 Å². The molecule has 1 amide bonds. The van der Waals surface area contributed by atoms with Gasteiger partial charge in [-0.25, -0.2) is 4.98 Å². The molecule has 3 heterocycles. The van der Waals surface area contributed by atoms with E-state index in [2.05, 4.69) is 26.9 Å². The third-order valence-electron chi connectivity index (χ3n) is 4.83. The van der Waals surface area contributed by atoms with Gasteiger partial charge in [0.2, 0.25) is 5.91 Å². The highest BCUT2D eigenvalue weighted by Crippen LogP contribution is 2.19. The Morgan fingerprint density at radius 3 is 2.72 bits per heavy atom. The molecule has 3 rings (SSSR count). The summed E-state index contributed by atoms with van der Waals surface area (Å²) in [6.07, 6.45) is 9.27. The van der Waals surface area contributed by atoms with Crippen molar-refractivity contribution in [3.05, 3.63) is 48.3 Å². The second kappa shape index (κ2) is 8.22. The van der Waals surface area contributed by atoms with Gasteiger partial charge in [-0.1, -0.05) is 0 Å². The van der Waals surface area contributed by atoms with E-state index >= 15 is 0 Å². The van der Waals surface area contributed by atoms with Gasteiger partial charge in [-0.15, -0.1) is 0 Å². The van der Waals surface area contributed by atoms with E-state index in [1.54, 1.807) is 24.9 Å². The lowest BCUT2D eigenvalue weighted by molar-refractivity contribution is -0.136. The van der Waals surface area contributed by atoms with Crippen molar-refractivity contribution in [3.8, 4) is 0 Å². The van der Waals surface area contributed by atoms with Crippen LogP contribution in [0.15, 0.2) is 37.1 Å². The molecule has 1 aliphatic heterocycles. The smallest absolute Gasteiger partial charge is 0.240 e. The number of piperidine rings is 1. The first-order valence-corrected chi connectivity index (χ1v) is 8.74. The van der Waals surface area contributed by atoms with Crippen molar-refractivity contribution >= 4 is 5.91 Å². The van der Waals surface area contributed by atoms with Crippen LogP contribution < -0.4 is 5.73 Å². The number of imidazole rings is 1. The van der Waals surface area contributed by atoms with Gasteiger partial charge in [0.1, 0.15) is 0 Å². The fourth-order valence-corrected chi connectivity index (χ4v) is 3.31. The standard InChI is InChI=1S/C18H26N6O/c1-23-8-4-16(5-9-23)24(12-14-2-6-20-7-3-14)18(25)17(19)10-15-11-21-13-22-15/h2-3,6-7,11,13,16-17H,4-5,8-10,12,19H2,1H3,(H,21,22)/t17-/m0/s1. The number of amides is 1. The van der Waals surface area contributed by atoms with Gasteiger partial charge in [-0.05, 0) is 50.7 Å². The lowest BCUT2D eigenvalue weighted by atomic mass is 10.0. The van der Waals surface area contributed by atoms with Gasteiger partial charge in [0.25, 0.3) is 0 Å². The van der Waals surface area contributed by atoms with Crippen LogP contribution in [-0.2, 0) is 17.8 Å². The van der Waals surface area contributed by atoms with E-state index < -0.39 is 6.04 Å². The maximum absolute atomic E-state index is 13.1. The fraction of sp³-hybridized carbons (Fsp3) is 0.500. The highest BCUT2D eigenvalue weighted by atomic mass is 16.2. The molecule has 1 atom stereocenters. The van der Waals surface area contributed by atoms with Crippen molar-refractivity contribution in [1.29, 1.82) is 0 Å². The number of nitrogens with zero attached hydrogens (tertiary/aromatic N) is 4. The Morgan fingerprint density at radius 1 is 1.36 bits per heavy atom. The average Bonchev–Trinajstić information content (AvgIpc) is 3.14. The second-order valence-electron chi connectivity index (χ2n) is 6.74. The summed E-state index contributed by atoms with van der Waals surface area (Å²) in [6, 6.07) is 3.57. The van der Waals surface area contributed by atoms with E-state index in [0.717, 1.165) is 37.2 Å². The molecule has 7 heteroatoms. The molecule has 0 radical (unpaired) electrons. The minimum atomic E-state index is -0.568. The van der Waals surface area contributed by atoms with Crippen LogP contribution in [0.5, 0.6) is 0 Å². The van der Waals surface area contributed by atoms with E-state index in [0.29, 0.717) is 13.0 Å². The molecule has 1 fully saturated rings. The lowest BCUT2D eigenvalue weighted by Crippen LogP contribution is -2.52. The van der Waals surface area contributed by atoms with Crippen LogP contribution in [0.1, 0.15) is 24.1 Å². The topological polar surface area (TPSA) is 91.1 Å². The summed E-state index contributed by atoms with van der Waals surface area (Å²) < 4.78 is 0. The van der Waals surface area contributed by atoms with E-state index in [1.807, 2.05) is 17.0 Å². The Kier molecular flexibility index (Phi) is 5.78. The number of rotatable bonds is 6. The molecule has 1 aliphatic rings. The highest BCUT2D eigenvalue weighted by Gasteiger charge is 2.30. The third-order valence-corrected chi connectivity index (χ3v) is 4.83. The Hall–Kier alpha value is -2.25. The maximum atomic E-state index is 13.1.